The Morgan fingerprint density at radius 1 is 0.921 bits per heavy atom. The SMILES string of the molecule is COc1cc(Nc2nc(N)c(-c3nc(-c4cccc(NC(=O)c5cccs5)c4)cs3)s2)cc(OC)c1OC. The number of ether oxygens (including phenoxy) is 3. The monoisotopic (exact) mass is 565 g/mol. The first kappa shape index (κ1) is 25.5. The second-order valence-electron chi connectivity index (χ2n) is 7.82. The third kappa shape index (κ3) is 5.28. The number of hydrogen-bond acceptors (Lipinski definition) is 11. The van der Waals surface area contributed by atoms with Gasteiger partial charge in [-0.15, -0.1) is 22.7 Å². The molecule has 0 saturated heterocycles. The van der Waals surface area contributed by atoms with Crippen LogP contribution in [0.1, 0.15) is 9.67 Å². The van der Waals surface area contributed by atoms with Crippen LogP contribution >= 0.6 is 34.0 Å². The van der Waals surface area contributed by atoms with Crippen molar-refractivity contribution in [2.45, 2.75) is 0 Å². The van der Waals surface area contributed by atoms with Crippen molar-refractivity contribution < 1.29 is 19.0 Å². The Hall–Kier alpha value is -4.13. The van der Waals surface area contributed by atoms with Crippen LogP contribution in [0.4, 0.5) is 22.3 Å². The maximum absolute atomic E-state index is 12.4. The first-order chi connectivity index (χ1) is 18.5. The molecule has 0 atom stereocenters. The first-order valence-electron chi connectivity index (χ1n) is 11.2. The van der Waals surface area contributed by atoms with Gasteiger partial charge in [0.05, 0.1) is 31.9 Å². The predicted octanol–water partition coefficient (Wildman–Crippen LogP) is 6.60. The number of methoxy groups -OCH3 is 3. The topological polar surface area (TPSA) is 121 Å². The Morgan fingerprint density at radius 3 is 2.39 bits per heavy atom. The molecule has 38 heavy (non-hydrogen) atoms. The van der Waals surface area contributed by atoms with Crippen LogP contribution in [0, 0.1) is 0 Å². The summed E-state index contributed by atoms with van der Waals surface area (Å²) in [5.41, 5.74) is 9.34. The van der Waals surface area contributed by atoms with Crippen LogP contribution in [-0.4, -0.2) is 37.2 Å². The second-order valence-corrected chi connectivity index (χ2v) is 10.6. The molecule has 3 heterocycles. The highest BCUT2D eigenvalue weighted by Gasteiger charge is 2.18. The third-order valence-electron chi connectivity index (χ3n) is 5.43. The van der Waals surface area contributed by atoms with E-state index in [1.807, 2.05) is 41.1 Å². The summed E-state index contributed by atoms with van der Waals surface area (Å²) in [6.07, 6.45) is 0. The minimum absolute atomic E-state index is 0.138. The van der Waals surface area contributed by atoms with E-state index in [2.05, 4.69) is 15.6 Å². The number of thiophene rings is 1. The van der Waals surface area contributed by atoms with Gasteiger partial charge >= 0.3 is 0 Å². The summed E-state index contributed by atoms with van der Waals surface area (Å²) in [5.74, 6) is 1.80. The average Bonchev–Trinajstić information content (AvgIpc) is 3.70. The van der Waals surface area contributed by atoms with Crippen LogP contribution in [-0.2, 0) is 0 Å². The Kier molecular flexibility index (Phi) is 7.45. The zero-order valence-corrected chi connectivity index (χ0v) is 23.1. The van der Waals surface area contributed by atoms with Crippen LogP contribution in [0.15, 0.2) is 59.3 Å². The Balaban J connectivity index is 1.36. The molecule has 0 aliphatic heterocycles. The van der Waals surface area contributed by atoms with Gasteiger partial charge in [0.15, 0.2) is 16.6 Å². The van der Waals surface area contributed by atoms with Crippen LogP contribution in [0.3, 0.4) is 0 Å². The molecule has 4 N–H and O–H groups in total. The van der Waals surface area contributed by atoms with E-state index >= 15 is 0 Å². The molecule has 12 heteroatoms. The zero-order valence-electron chi connectivity index (χ0n) is 20.6. The van der Waals surface area contributed by atoms with Gasteiger partial charge in [-0.05, 0) is 23.6 Å². The molecule has 194 valence electrons. The number of carbonyl (C=O) groups excluding carboxylic acids is 1. The molecule has 5 rings (SSSR count). The van der Waals surface area contributed by atoms with Crippen LogP contribution in [0.25, 0.3) is 21.1 Å². The van der Waals surface area contributed by atoms with E-state index < -0.39 is 0 Å². The van der Waals surface area contributed by atoms with E-state index in [0.717, 1.165) is 21.1 Å². The number of carbonyl (C=O) groups is 1. The molecule has 2 aromatic carbocycles. The fraction of sp³-hybridized carbons (Fsp3) is 0.115. The largest absolute Gasteiger partial charge is 0.493 e. The molecule has 0 fully saturated rings. The number of nitrogens with two attached hydrogens (primary N) is 1. The molecule has 0 bridgehead atoms. The van der Waals surface area contributed by atoms with Gasteiger partial charge < -0.3 is 30.6 Å². The summed E-state index contributed by atoms with van der Waals surface area (Å²) in [7, 11) is 4.68. The number of aromatic nitrogens is 2. The van der Waals surface area contributed by atoms with Crippen molar-refractivity contribution in [1.29, 1.82) is 0 Å². The number of rotatable bonds is 9. The highest BCUT2D eigenvalue weighted by molar-refractivity contribution is 7.23. The molecule has 3 aromatic heterocycles. The summed E-state index contributed by atoms with van der Waals surface area (Å²) in [4.78, 5) is 23.1. The van der Waals surface area contributed by atoms with E-state index in [0.29, 0.717) is 44.4 Å². The molecular weight excluding hydrogens is 543 g/mol. The lowest BCUT2D eigenvalue weighted by atomic mass is 10.1. The van der Waals surface area contributed by atoms with E-state index in [1.54, 1.807) is 39.5 Å². The maximum Gasteiger partial charge on any atom is 0.265 e. The molecule has 0 aliphatic carbocycles. The summed E-state index contributed by atoms with van der Waals surface area (Å²) in [6.45, 7) is 0. The molecule has 0 aliphatic rings. The van der Waals surface area contributed by atoms with Crippen molar-refractivity contribution in [3.63, 3.8) is 0 Å². The number of benzene rings is 2. The van der Waals surface area contributed by atoms with Crippen molar-refractivity contribution in [2.75, 3.05) is 37.7 Å². The van der Waals surface area contributed by atoms with Gasteiger partial charge in [-0.1, -0.05) is 29.5 Å². The predicted molar refractivity (Wildman–Crippen MR) is 155 cm³/mol. The molecule has 5 aromatic rings. The van der Waals surface area contributed by atoms with Crippen molar-refractivity contribution in [3.8, 4) is 38.4 Å². The molecule has 0 saturated carbocycles. The number of anilines is 4. The van der Waals surface area contributed by atoms with Crippen molar-refractivity contribution in [2.24, 2.45) is 0 Å². The number of nitrogen functional groups attached to an aromatic ring is 1. The standard InChI is InChI=1S/C26H23N5O4S3/c1-33-18-11-16(12-19(34-2)21(18)35-3)29-26-31-23(27)22(38-26)25-30-17(13-37-25)14-6-4-7-15(10-14)28-24(32)20-8-5-9-36-20/h4-13H,27H2,1-3H3,(H,28,32)(H,29,31). The zero-order chi connectivity index (χ0) is 26.6. The number of nitrogens with one attached hydrogen (secondary N) is 2. The summed E-state index contributed by atoms with van der Waals surface area (Å²) in [6, 6.07) is 14.8. The van der Waals surface area contributed by atoms with Crippen LogP contribution < -0.4 is 30.6 Å². The lowest BCUT2D eigenvalue weighted by Crippen LogP contribution is -2.09. The molecule has 0 radical (unpaired) electrons. The van der Waals surface area contributed by atoms with Crippen LogP contribution in [0.5, 0.6) is 17.2 Å². The quantitative estimate of drug-likeness (QED) is 0.183. The van der Waals surface area contributed by atoms with Crippen molar-refractivity contribution in [3.05, 3.63) is 64.2 Å². The van der Waals surface area contributed by atoms with Crippen LogP contribution in [0.2, 0.25) is 0 Å². The van der Waals surface area contributed by atoms with Gasteiger partial charge in [-0.2, -0.15) is 0 Å². The summed E-state index contributed by atoms with van der Waals surface area (Å²) < 4.78 is 16.2. The minimum Gasteiger partial charge on any atom is -0.493 e. The summed E-state index contributed by atoms with van der Waals surface area (Å²) in [5, 5.41) is 11.4. The lowest BCUT2D eigenvalue weighted by molar-refractivity contribution is 0.103. The highest BCUT2D eigenvalue weighted by Crippen LogP contribution is 2.43. The van der Waals surface area contributed by atoms with E-state index in [-0.39, 0.29) is 5.91 Å². The van der Waals surface area contributed by atoms with Gasteiger partial charge in [0, 0.05) is 34.5 Å². The van der Waals surface area contributed by atoms with Gasteiger partial charge in [-0.3, -0.25) is 4.79 Å². The molecule has 0 unspecified atom stereocenters. The van der Waals surface area contributed by atoms with Gasteiger partial charge in [-0.25, -0.2) is 9.97 Å². The van der Waals surface area contributed by atoms with Crippen molar-refractivity contribution in [1.82, 2.24) is 9.97 Å². The summed E-state index contributed by atoms with van der Waals surface area (Å²) >= 11 is 4.27. The Labute approximate surface area is 230 Å². The maximum atomic E-state index is 12.4. The average molecular weight is 566 g/mol. The normalized spacial score (nSPS) is 10.7. The molecule has 0 spiro atoms. The van der Waals surface area contributed by atoms with Gasteiger partial charge in [0.25, 0.3) is 5.91 Å². The van der Waals surface area contributed by atoms with E-state index in [9.17, 15) is 4.79 Å². The fourth-order valence-corrected chi connectivity index (χ4v) is 6.14. The fourth-order valence-electron chi connectivity index (χ4n) is 3.68. The number of amides is 1. The molecule has 9 nitrogen and oxygen atoms in total. The first-order valence-corrected chi connectivity index (χ1v) is 13.8. The minimum atomic E-state index is -0.138. The number of thiazole rings is 2. The highest BCUT2D eigenvalue weighted by atomic mass is 32.1. The van der Waals surface area contributed by atoms with E-state index in [4.69, 9.17) is 24.9 Å². The van der Waals surface area contributed by atoms with Crippen molar-refractivity contribution >= 4 is 62.2 Å². The van der Waals surface area contributed by atoms with E-state index in [1.165, 1.54) is 34.0 Å². The van der Waals surface area contributed by atoms with Gasteiger partial charge in [0.2, 0.25) is 5.75 Å². The number of hydrogen-bond donors (Lipinski definition) is 3. The molecule has 1 amide bonds. The lowest BCUT2D eigenvalue weighted by Gasteiger charge is -2.14. The second kappa shape index (κ2) is 11.1. The molecular formula is C26H23N5O4S3. The third-order valence-corrected chi connectivity index (χ3v) is 8.28. The Bertz CT molecular complexity index is 1550. The Morgan fingerprint density at radius 2 is 1.71 bits per heavy atom. The van der Waals surface area contributed by atoms with Gasteiger partial charge in [0.1, 0.15) is 15.7 Å². The number of nitrogens with zero attached hydrogens (tertiary/aromatic N) is 2. The smallest absolute Gasteiger partial charge is 0.265 e.